The van der Waals surface area contributed by atoms with Crippen molar-refractivity contribution in [2.45, 2.75) is 25.9 Å². The van der Waals surface area contributed by atoms with Gasteiger partial charge in [-0.1, -0.05) is 0 Å². The number of rotatable bonds is 4. The van der Waals surface area contributed by atoms with E-state index in [2.05, 4.69) is 9.97 Å². The van der Waals surface area contributed by atoms with E-state index < -0.39 is 23.9 Å². The first-order valence-electron chi connectivity index (χ1n) is 7.28. The molecule has 1 aromatic carbocycles. The van der Waals surface area contributed by atoms with Crippen molar-refractivity contribution in [3.05, 3.63) is 47.7 Å². The minimum absolute atomic E-state index is 0.0841. The Hall–Kier alpha value is -2.64. The van der Waals surface area contributed by atoms with Crippen LogP contribution in [0.2, 0.25) is 0 Å². The van der Waals surface area contributed by atoms with E-state index in [9.17, 15) is 18.0 Å². The molecule has 5 nitrogen and oxygen atoms in total. The van der Waals surface area contributed by atoms with Crippen LogP contribution in [-0.2, 0) is 11.3 Å². The standard InChI is InChI=1S/C16H14F3N3O2/c1-9-8-24-16(23)22(9)7-11-5-20-6-14(21-11)10-2-3-13(17)12(4-10)15(18)19/h2-6,9,15H,7-8H2,1H3/t9-/m1/s1. The average molecular weight is 337 g/mol. The first-order valence-corrected chi connectivity index (χ1v) is 7.28. The van der Waals surface area contributed by atoms with Crippen LogP contribution < -0.4 is 0 Å². The summed E-state index contributed by atoms with van der Waals surface area (Å²) in [4.78, 5) is 21.5. The third-order valence-electron chi connectivity index (χ3n) is 3.76. The highest BCUT2D eigenvalue weighted by atomic mass is 19.3. The summed E-state index contributed by atoms with van der Waals surface area (Å²) in [6.07, 6.45) is -0.463. The lowest BCUT2D eigenvalue weighted by Crippen LogP contribution is -2.30. The molecule has 3 rings (SSSR count). The highest BCUT2D eigenvalue weighted by molar-refractivity contribution is 5.70. The van der Waals surface area contributed by atoms with Gasteiger partial charge in [-0.25, -0.2) is 22.9 Å². The predicted octanol–water partition coefficient (Wildman–Crippen LogP) is 3.56. The highest BCUT2D eigenvalue weighted by Crippen LogP contribution is 2.27. The molecule has 1 atom stereocenters. The maximum absolute atomic E-state index is 13.4. The molecule has 1 aliphatic rings. The molecule has 0 radical (unpaired) electrons. The van der Waals surface area contributed by atoms with Gasteiger partial charge in [0.25, 0.3) is 6.43 Å². The largest absolute Gasteiger partial charge is 0.447 e. The molecule has 0 bridgehead atoms. The lowest BCUT2D eigenvalue weighted by Gasteiger charge is -2.17. The number of ether oxygens (including phenoxy) is 1. The van der Waals surface area contributed by atoms with E-state index in [-0.39, 0.29) is 12.6 Å². The predicted molar refractivity (Wildman–Crippen MR) is 78.7 cm³/mol. The number of hydrogen-bond donors (Lipinski definition) is 0. The number of benzene rings is 1. The topological polar surface area (TPSA) is 55.3 Å². The van der Waals surface area contributed by atoms with E-state index in [1.807, 2.05) is 6.92 Å². The van der Waals surface area contributed by atoms with Gasteiger partial charge in [0.05, 0.1) is 41.9 Å². The summed E-state index contributed by atoms with van der Waals surface area (Å²) in [5, 5.41) is 0. The zero-order valence-corrected chi connectivity index (χ0v) is 12.7. The first kappa shape index (κ1) is 16.2. The third-order valence-corrected chi connectivity index (χ3v) is 3.76. The number of carbonyl (C=O) groups is 1. The molecular formula is C16H14F3N3O2. The SMILES string of the molecule is C[C@@H]1COC(=O)N1Cc1cncc(-c2ccc(F)c(C(F)F)c2)n1. The number of halogens is 3. The lowest BCUT2D eigenvalue weighted by atomic mass is 10.1. The van der Waals surface area contributed by atoms with Gasteiger partial charge in [0, 0.05) is 5.56 Å². The fraction of sp³-hybridized carbons (Fsp3) is 0.312. The second kappa shape index (κ2) is 6.46. The van der Waals surface area contributed by atoms with Gasteiger partial charge >= 0.3 is 6.09 Å². The normalized spacial score (nSPS) is 17.5. The second-order valence-corrected chi connectivity index (χ2v) is 5.49. The molecule has 0 unspecified atom stereocenters. The van der Waals surface area contributed by atoms with Crippen LogP contribution >= 0.6 is 0 Å². The Kier molecular flexibility index (Phi) is 4.37. The number of alkyl halides is 2. The van der Waals surface area contributed by atoms with Gasteiger partial charge in [0.2, 0.25) is 0 Å². The molecule has 1 aliphatic heterocycles. The van der Waals surface area contributed by atoms with Crippen LogP contribution in [-0.4, -0.2) is 33.6 Å². The van der Waals surface area contributed by atoms with E-state index in [1.54, 1.807) is 0 Å². The minimum Gasteiger partial charge on any atom is -0.447 e. The van der Waals surface area contributed by atoms with Gasteiger partial charge in [-0.15, -0.1) is 0 Å². The van der Waals surface area contributed by atoms with Crippen LogP contribution in [0.25, 0.3) is 11.3 Å². The zero-order valence-electron chi connectivity index (χ0n) is 12.7. The molecule has 1 saturated heterocycles. The molecule has 24 heavy (non-hydrogen) atoms. The highest BCUT2D eigenvalue weighted by Gasteiger charge is 2.29. The number of aromatic nitrogens is 2. The summed E-state index contributed by atoms with van der Waals surface area (Å²) < 4.78 is 44.0. The molecule has 2 heterocycles. The van der Waals surface area contributed by atoms with Crippen LogP contribution in [0, 0.1) is 5.82 Å². The number of hydrogen-bond acceptors (Lipinski definition) is 4. The van der Waals surface area contributed by atoms with Gasteiger partial charge in [0.15, 0.2) is 0 Å². The maximum atomic E-state index is 13.4. The van der Waals surface area contributed by atoms with Crippen molar-refractivity contribution in [1.29, 1.82) is 0 Å². The molecule has 0 aliphatic carbocycles. The molecule has 0 spiro atoms. The molecule has 1 fully saturated rings. The molecule has 2 aromatic rings. The lowest BCUT2D eigenvalue weighted by molar-refractivity contribution is 0.146. The summed E-state index contributed by atoms with van der Waals surface area (Å²) in [6.45, 7) is 2.35. The average Bonchev–Trinajstić information content (AvgIpc) is 2.87. The van der Waals surface area contributed by atoms with Crippen molar-refractivity contribution in [3.8, 4) is 11.3 Å². The molecule has 126 valence electrons. The fourth-order valence-corrected chi connectivity index (χ4v) is 2.43. The molecule has 0 saturated carbocycles. The molecule has 0 N–H and O–H groups in total. The number of carbonyl (C=O) groups excluding carboxylic acids is 1. The quantitative estimate of drug-likeness (QED) is 0.856. The Morgan fingerprint density at radius 3 is 2.83 bits per heavy atom. The molecular weight excluding hydrogens is 323 g/mol. The Morgan fingerprint density at radius 2 is 2.17 bits per heavy atom. The van der Waals surface area contributed by atoms with Crippen molar-refractivity contribution in [3.63, 3.8) is 0 Å². The van der Waals surface area contributed by atoms with E-state index in [0.29, 0.717) is 23.6 Å². The van der Waals surface area contributed by atoms with Crippen LogP contribution in [0.3, 0.4) is 0 Å². The Labute approximate surface area is 136 Å². The summed E-state index contributed by atoms with van der Waals surface area (Å²) >= 11 is 0. The van der Waals surface area contributed by atoms with Gasteiger partial charge in [-0.05, 0) is 25.1 Å². The number of cyclic esters (lactones) is 1. The van der Waals surface area contributed by atoms with E-state index in [0.717, 1.165) is 12.1 Å². The fourth-order valence-electron chi connectivity index (χ4n) is 2.43. The monoisotopic (exact) mass is 337 g/mol. The molecule has 1 amide bonds. The van der Waals surface area contributed by atoms with Gasteiger partial charge in [0.1, 0.15) is 12.4 Å². The van der Waals surface area contributed by atoms with Crippen LogP contribution in [0.1, 0.15) is 24.6 Å². The van der Waals surface area contributed by atoms with E-state index in [4.69, 9.17) is 4.74 Å². The Balaban J connectivity index is 1.88. The van der Waals surface area contributed by atoms with E-state index >= 15 is 0 Å². The van der Waals surface area contributed by atoms with Crippen LogP contribution in [0.4, 0.5) is 18.0 Å². The minimum atomic E-state index is -2.92. The van der Waals surface area contributed by atoms with Crippen molar-refractivity contribution in [1.82, 2.24) is 14.9 Å². The van der Waals surface area contributed by atoms with E-state index in [1.165, 1.54) is 23.4 Å². The summed E-state index contributed by atoms with van der Waals surface area (Å²) in [6, 6.07) is 3.31. The number of amides is 1. The third kappa shape index (κ3) is 3.17. The molecule has 8 heteroatoms. The summed E-state index contributed by atoms with van der Waals surface area (Å²) in [5.41, 5.74) is 0.463. The van der Waals surface area contributed by atoms with Crippen molar-refractivity contribution in [2.75, 3.05) is 6.61 Å². The summed E-state index contributed by atoms with van der Waals surface area (Å²) in [5.74, 6) is -0.966. The van der Waals surface area contributed by atoms with Crippen molar-refractivity contribution >= 4 is 6.09 Å². The second-order valence-electron chi connectivity index (χ2n) is 5.49. The Morgan fingerprint density at radius 1 is 1.38 bits per heavy atom. The number of nitrogens with zero attached hydrogens (tertiary/aromatic N) is 3. The van der Waals surface area contributed by atoms with Crippen molar-refractivity contribution in [2.24, 2.45) is 0 Å². The van der Waals surface area contributed by atoms with Gasteiger partial charge in [-0.3, -0.25) is 9.88 Å². The van der Waals surface area contributed by atoms with Crippen LogP contribution in [0.5, 0.6) is 0 Å². The maximum Gasteiger partial charge on any atom is 0.410 e. The van der Waals surface area contributed by atoms with Gasteiger partial charge < -0.3 is 4.74 Å². The van der Waals surface area contributed by atoms with Gasteiger partial charge in [-0.2, -0.15) is 0 Å². The summed E-state index contributed by atoms with van der Waals surface area (Å²) in [7, 11) is 0. The molecule has 1 aromatic heterocycles. The van der Waals surface area contributed by atoms with Crippen LogP contribution in [0.15, 0.2) is 30.6 Å². The Bertz CT molecular complexity index is 770. The zero-order chi connectivity index (χ0) is 17.3. The smallest absolute Gasteiger partial charge is 0.410 e. The first-order chi connectivity index (χ1) is 11.5. The van der Waals surface area contributed by atoms with Crippen molar-refractivity contribution < 1.29 is 22.7 Å².